The van der Waals surface area contributed by atoms with Crippen molar-refractivity contribution < 1.29 is 9.13 Å². The van der Waals surface area contributed by atoms with Crippen LogP contribution < -0.4 is 10.5 Å². The lowest BCUT2D eigenvalue weighted by Gasteiger charge is -2.10. The van der Waals surface area contributed by atoms with Gasteiger partial charge in [-0.15, -0.1) is 0 Å². The molecular weight excluding hydrogens is 337 g/mol. The number of aryl methyl sites for hydroxylation is 1. The molecule has 1 heterocycles. The van der Waals surface area contributed by atoms with E-state index in [1.165, 1.54) is 6.07 Å². The van der Waals surface area contributed by atoms with Gasteiger partial charge in [-0.1, -0.05) is 0 Å². The number of ether oxygens (including phenoxy) is 1. The number of methoxy groups -OCH3 is 1. The van der Waals surface area contributed by atoms with E-state index >= 15 is 0 Å². The lowest BCUT2D eigenvalue weighted by Crippen LogP contribution is -2.01. The molecular formula is C15H13BrFN3O. The lowest BCUT2D eigenvalue weighted by molar-refractivity contribution is 0.411. The van der Waals surface area contributed by atoms with Gasteiger partial charge in [0.1, 0.15) is 11.6 Å². The lowest BCUT2D eigenvalue weighted by atomic mass is 10.2. The summed E-state index contributed by atoms with van der Waals surface area (Å²) in [4.78, 5) is 4.28. The van der Waals surface area contributed by atoms with Gasteiger partial charge in [-0.25, -0.2) is 9.37 Å². The van der Waals surface area contributed by atoms with Crippen LogP contribution in [0.4, 0.5) is 10.3 Å². The van der Waals surface area contributed by atoms with Crippen LogP contribution in [0.2, 0.25) is 0 Å². The molecule has 2 N–H and O–H groups in total. The molecule has 3 aromatic rings. The maximum absolute atomic E-state index is 13.8. The number of imidazole rings is 1. The number of halogens is 2. The van der Waals surface area contributed by atoms with Gasteiger partial charge in [-0.05, 0) is 52.7 Å². The van der Waals surface area contributed by atoms with E-state index in [1.54, 1.807) is 17.7 Å². The van der Waals surface area contributed by atoms with Crippen LogP contribution >= 0.6 is 15.9 Å². The Balaban J connectivity index is 2.27. The number of hydrogen-bond acceptors (Lipinski definition) is 3. The first-order chi connectivity index (χ1) is 10.0. The molecule has 0 unspecified atom stereocenters. The van der Waals surface area contributed by atoms with Gasteiger partial charge in [0.2, 0.25) is 5.95 Å². The Labute approximate surface area is 129 Å². The molecule has 108 valence electrons. The van der Waals surface area contributed by atoms with E-state index in [1.807, 2.05) is 25.1 Å². The fourth-order valence-corrected chi connectivity index (χ4v) is 2.70. The van der Waals surface area contributed by atoms with Gasteiger partial charge < -0.3 is 10.5 Å². The van der Waals surface area contributed by atoms with Crippen molar-refractivity contribution in [3.05, 3.63) is 46.2 Å². The summed E-state index contributed by atoms with van der Waals surface area (Å²) in [5, 5.41) is 0. The van der Waals surface area contributed by atoms with Crippen molar-refractivity contribution >= 4 is 32.9 Å². The number of rotatable bonds is 2. The number of hydrogen-bond donors (Lipinski definition) is 1. The second-order valence-corrected chi connectivity index (χ2v) is 5.57. The summed E-state index contributed by atoms with van der Waals surface area (Å²) in [6, 6.07) is 8.68. The molecule has 1 aromatic heterocycles. The maximum atomic E-state index is 13.8. The molecule has 2 aromatic carbocycles. The highest BCUT2D eigenvalue weighted by molar-refractivity contribution is 9.10. The Morgan fingerprint density at radius 3 is 2.71 bits per heavy atom. The predicted molar refractivity (Wildman–Crippen MR) is 84.4 cm³/mol. The SMILES string of the molecule is COc1ccc(-n2c(N)nc3cc(Br)c(F)cc32)cc1C. The first kappa shape index (κ1) is 13.9. The summed E-state index contributed by atoms with van der Waals surface area (Å²) < 4.78 is 21.1. The Bertz CT molecular complexity index is 845. The fourth-order valence-electron chi connectivity index (χ4n) is 2.36. The molecule has 0 fully saturated rings. The number of fused-ring (bicyclic) bond motifs is 1. The summed E-state index contributed by atoms with van der Waals surface area (Å²) in [6.07, 6.45) is 0. The van der Waals surface area contributed by atoms with Crippen LogP contribution in [-0.2, 0) is 0 Å². The Morgan fingerprint density at radius 2 is 2.05 bits per heavy atom. The zero-order valence-electron chi connectivity index (χ0n) is 11.5. The Morgan fingerprint density at radius 1 is 1.29 bits per heavy atom. The number of nitrogen functional groups attached to an aromatic ring is 1. The Kier molecular flexibility index (Phi) is 3.33. The van der Waals surface area contributed by atoms with Crippen LogP contribution in [0.15, 0.2) is 34.8 Å². The second kappa shape index (κ2) is 5.04. The number of nitrogens with zero attached hydrogens (tertiary/aromatic N) is 2. The molecule has 0 radical (unpaired) electrons. The third-order valence-electron chi connectivity index (χ3n) is 3.36. The van der Waals surface area contributed by atoms with Gasteiger partial charge in [0.25, 0.3) is 0 Å². The zero-order chi connectivity index (χ0) is 15.1. The molecule has 6 heteroatoms. The van der Waals surface area contributed by atoms with Crippen molar-refractivity contribution in [2.75, 3.05) is 12.8 Å². The van der Waals surface area contributed by atoms with Crippen LogP contribution in [0, 0.1) is 12.7 Å². The molecule has 4 nitrogen and oxygen atoms in total. The van der Waals surface area contributed by atoms with E-state index in [0.717, 1.165) is 17.0 Å². The highest BCUT2D eigenvalue weighted by Gasteiger charge is 2.13. The van der Waals surface area contributed by atoms with E-state index in [4.69, 9.17) is 10.5 Å². The van der Waals surface area contributed by atoms with Crippen molar-refractivity contribution in [1.82, 2.24) is 9.55 Å². The number of aromatic nitrogens is 2. The van der Waals surface area contributed by atoms with Crippen LogP contribution in [0.5, 0.6) is 5.75 Å². The van der Waals surface area contributed by atoms with Gasteiger partial charge in [-0.3, -0.25) is 4.57 Å². The van der Waals surface area contributed by atoms with Gasteiger partial charge >= 0.3 is 0 Å². The van der Waals surface area contributed by atoms with Gasteiger partial charge in [0.15, 0.2) is 0 Å². The van der Waals surface area contributed by atoms with Crippen LogP contribution in [-0.4, -0.2) is 16.7 Å². The summed E-state index contributed by atoms with van der Waals surface area (Å²) in [7, 11) is 1.62. The van der Waals surface area contributed by atoms with Crippen LogP contribution in [0.1, 0.15) is 5.56 Å². The first-order valence-corrected chi connectivity index (χ1v) is 7.08. The average molecular weight is 350 g/mol. The fraction of sp³-hybridized carbons (Fsp3) is 0.133. The monoisotopic (exact) mass is 349 g/mol. The largest absolute Gasteiger partial charge is 0.496 e. The molecule has 0 aliphatic heterocycles. The number of benzene rings is 2. The van der Waals surface area contributed by atoms with Gasteiger partial charge in [0, 0.05) is 11.8 Å². The summed E-state index contributed by atoms with van der Waals surface area (Å²) >= 11 is 3.16. The number of anilines is 1. The summed E-state index contributed by atoms with van der Waals surface area (Å²) in [5.74, 6) is 0.747. The van der Waals surface area contributed by atoms with E-state index in [9.17, 15) is 4.39 Å². The molecule has 0 spiro atoms. The molecule has 0 saturated carbocycles. The van der Waals surface area contributed by atoms with E-state index in [0.29, 0.717) is 21.5 Å². The minimum absolute atomic E-state index is 0.312. The minimum atomic E-state index is -0.353. The first-order valence-electron chi connectivity index (χ1n) is 6.29. The van der Waals surface area contributed by atoms with E-state index in [-0.39, 0.29) is 5.82 Å². The average Bonchev–Trinajstić information content (AvgIpc) is 2.74. The summed E-state index contributed by atoms with van der Waals surface area (Å²) in [5.41, 5.74) is 9.03. The van der Waals surface area contributed by atoms with Crippen LogP contribution in [0.3, 0.4) is 0 Å². The quantitative estimate of drug-likeness (QED) is 0.764. The van der Waals surface area contributed by atoms with Crippen LogP contribution in [0.25, 0.3) is 16.7 Å². The summed E-state index contributed by atoms with van der Waals surface area (Å²) in [6.45, 7) is 1.94. The highest BCUT2D eigenvalue weighted by atomic mass is 79.9. The topological polar surface area (TPSA) is 53.1 Å². The van der Waals surface area contributed by atoms with Crippen molar-refractivity contribution in [3.63, 3.8) is 0 Å². The molecule has 0 amide bonds. The molecule has 3 rings (SSSR count). The maximum Gasteiger partial charge on any atom is 0.205 e. The molecule has 0 bridgehead atoms. The van der Waals surface area contributed by atoms with Gasteiger partial charge in [-0.2, -0.15) is 0 Å². The molecule has 0 aliphatic rings. The third kappa shape index (κ3) is 2.25. The highest BCUT2D eigenvalue weighted by Crippen LogP contribution is 2.29. The second-order valence-electron chi connectivity index (χ2n) is 4.71. The molecule has 0 aliphatic carbocycles. The minimum Gasteiger partial charge on any atom is -0.496 e. The smallest absolute Gasteiger partial charge is 0.205 e. The molecule has 0 atom stereocenters. The standard InChI is InChI=1S/C15H13BrFN3O/c1-8-5-9(3-4-14(8)21-2)20-13-7-11(17)10(16)6-12(13)19-15(20)18/h3-7H,1-2H3,(H2,18,19). The Hall–Kier alpha value is -2.08. The van der Waals surface area contributed by atoms with Crippen molar-refractivity contribution in [2.24, 2.45) is 0 Å². The molecule has 0 saturated heterocycles. The zero-order valence-corrected chi connectivity index (χ0v) is 13.1. The van der Waals surface area contributed by atoms with Gasteiger partial charge in [0.05, 0.1) is 22.6 Å². The van der Waals surface area contributed by atoms with E-state index < -0.39 is 0 Å². The van der Waals surface area contributed by atoms with Crippen molar-refractivity contribution in [3.8, 4) is 11.4 Å². The van der Waals surface area contributed by atoms with Crippen molar-refractivity contribution in [2.45, 2.75) is 6.92 Å². The van der Waals surface area contributed by atoms with E-state index in [2.05, 4.69) is 20.9 Å². The predicted octanol–water partition coefficient (Wildman–Crippen LogP) is 3.83. The van der Waals surface area contributed by atoms with Crippen molar-refractivity contribution in [1.29, 1.82) is 0 Å². The number of nitrogens with two attached hydrogens (primary N) is 1. The normalized spacial score (nSPS) is 11.0. The third-order valence-corrected chi connectivity index (χ3v) is 3.97. The molecule has 21 heavy (non-hydrogen) atoms.